The Morgan fingerprint density at radius 1 is 1.37 bits per heavy atom. The Kier molecular flexibility index (Phi) is 5.51. The summed E-state index contributed by atoms with van der Waals surface area (Å²) in [5, 5.41) is 4.31. The molecule has 0 amide bonds. The van der Waals surface area contributed by atoms with Crippen LogP contribution < -0.4 is 5.73 Å². The molecule has 0 unspecified atom stereocenters. The van der Waals surface area contributed by atoms with Gasteiger partial charge in [0.1, 0.15) is 4.90 Å². The summed E-state index contributed by atoms with van der Waals surface area (Å²) in [5.41, 5.74) is 6.72. The molecule has 19 heavy (non-hydrogen) atoms. The van der Waals surface area contributed by atoms with Crippen molar-refractivity contribution in [2.75, 3.05) is 20.1 Å². The molecule has 110 valence electrons. The second kappa shape index (κ2) is 6.49. The quantitative estimate of drug-likeness (QED) is 0.807. The topological polar surface area (TPSA) is 81.2 Å². The molecule has 0 aliphatic heterocycles. The second-order valence-electron chi connectivity index (χ2n) is 4.69. The molecule has 7 heteroatoms. The Balaban J connectivity index is 3.17. The van der Waals surface area contributed by atoms with Crippen LogP contribution >= 0.6 is 0 Å². The maximum atomic E-state index is 12.5. The Bertz CT molecular complexity index is 522. The Labute approximate surface area is 115 Å². The third kappa shape index (κ3) is 3.34. The van der Waals surface area contributed by atoms with Crippen molar-refractivity contribution >= 4 is 10.0 Å². The zero-order valence-corrected chi connectivity index (χ0v) is 13.0. The van der Waals surface area contributed by atoms with Crippen molar-refractivity contribution in [3.05, 3.63) is 11.4 Å². The summed E-state index contributed by atoms with van der Waals surface area (Å²) in [6.07, 6.45) is 1.57. The molecule has 1 aromatic rings. The highest BCUT2D eigenvalue weighted by atomic mass is 32.2. The lowest BCUT2D eigenvalue weighted by Crippen LogP contribution is -2.28. The van der Waals surface area contributed by atoms with E-state index in [1.807, 2.05) is 6.92 Å². The maximum Gasteiger partial charge on any atom is 0.246 e. The molecule has 6 nitrogen and oxygen atoms in total. The molecule has 0 atom stereocenters. The summed E-state index contributed by atoms with van der Waals surface area (Å²) in [5.74, 6) is 0. The van der Waals surface area contributed by atoms with Crippen LogP contribution in [0.4, 0.5) is 0 Å². The number of hydrogen-bond donors (Lipinski definition) is 1. The van der Waals surface area contributed by atoms with Crippen LogP contribution in [0.1, 0.15) is 31.2 Å². The molecule has 1 aromatic heterocycles. The van der Waals surface area contributed by atoms with E-state index in [1.54, 1.807) is 25.6 Å². The van der Waals surface area contributed by atoms with Gasteiger partial charge in [0.05, 0.1) is 11.4 Å². The largest absolute Gasteiger partial charge is 0.330 e. The standard InChI is InChI=1S/C12H24N4O2S/c1-5-8-15(4)19(17,18)12-10(2)14-16(11(12)3)9-6-7-13/h5-9,13H2,1-4H3. The van der Waals surface area contributed by atoms with Gasteiger partial charge in [-0.3, -0.25) is 4.68 Å². The third-order valence-corrected chi connectivity index (χ3v) is 5.21. The minimum absolute atomic E-state index is 0.334. The zero-order chi connectivity index (χ0) is 14.6. The first kappa shape index (κ1) is 16.1. The highest BCUT2D eigenvalue weighted by molar-refractivity contribution is 7.89. The van der Waals surface area contributed by atoms with Gasteiger partial charge < -0.3 is 5.73 Å². The van der Waals surface area contributed by atoms with E-state index < -0.39 is 10.0 Å². The Morgan fingerprint density at radius 3 is 2.53 bits per heavy atom. The minimum Gasteiger partial charge on any atom is -0.330 e. The maximum absolute atomic E-state index is 12.5. The van der Waals surface area contributed by atoms with E-state index in [4.69, 9.17) is 5.73 Å². The van der Waals surface area contributed by atoms with Gasteiger partial charge in [0, 0.05) is 20.1 Å². The van der Waals surface area contributed by atoms with Gasteiger partial charge in [-0.1, -0.05) is 6.92 Å². The van der Waals surface area contributed by atoms with Crippen molar-refractivity contribution in [3.8, 4) is 0 Å². The summed E-state index contributed by atoms with van der Waals surface area (Å²) in [4.78, 5) is 0.334. The van der Waals surface area contributed by atoms with Gasteiger partial charge in [0.15, 0.2) is 0 Å². The first-order valence-electron chi connectivity index (χ1n) is 6.56. The SMILES string of the molecule is CCCN(C)S(=O)(=O)c1c(C)nn(CCCN)c1C. The van der Waals surface area contributed by atoms with E-state index in [-0.39, 0.29) is 0 Å². The van der Waals surface area contributed by atoms with Crippen LogP contribution in [0, 0.1) is 13.8 Å². The highest BCUT2D eigenvalue weighted by Gasteiger charge is 2.27. The number of hydrogen-bond acceptors (Lipinski definition) is 4. The molecule has 1 heterocycles. The molecule has 0 aliphatic rings. The average Bonchev–Trinajstić information content (AvgIpc) is 2.62. The van der Waals surface area contributed by atoms with E-state index in [0.717, 1.165) is 12.8 Å². The van der Waals surface area contributed by atoms with Crippen LogP contribution in [0.3, 0.4) is 0 Å². The van der Waals surface area contributed by atoms with Crippen LogP contribution in [0.2, 0.25) is 0 Å². The van der Waals surface area contributed by atoms with Gasteiger partial charge in [-0.05, 0) is 33.2 Å². The van der Waals surface area contributed by atoms with Crippen molar-refractivity contribution in [1.29, 1.82) is 0 Å². The van der Waals surface area contributed by atoms with Gasteiger partial charge in [-0.2, -0.15) is 5.10 Å². The molecule has 0 bridgehead atoms. The van der Waals surface area contributed by atoms with E-state index in [1.165, 1.54) is 4.31 Å². The van der Waals surface area contributed by atoms with Crippen molar-refractivity contribution < 1.29 is 8.42 Å². The summed E-state index contributed by atoms with van der Waals surface area (Å²) in [6.45, 7) is 7.21. The lowest BCUT2D eigenvalue weighted by atomic mass is 10.4. The summed E-state index contributed by atoms with van der Waals surface area (Å²) in [6, 6.07) is 0. The number of nitrogens with zero attached hydrogens (tertiary/aromatic N) is 3. The molecule has 0 fully saturated rings. The molecule has 0 saturated carbocycles. The molecule has 0 spiro atoms. The fraction of sp³-hybridized carbons (Fsp3) is 0.750. The van der Waals surface area contributed by atoms with Crippen LogP contribution in [-0.4, -0.2) is 42.6 Å². The van der Waals surface area contributed by atoms with Crippen molar-refractivity contribution in [2.45, 2.75) is 45.1 Å². The van der Waals surface area contributed by atoms with Crippen LogP contribution in [0.5, 0.6) is 0 Å². The lowest BCUT2D eigenvalue weighted by Gasteiger charge is -2.16. The second-order valence-corrected chi connectivity index (χ2v) is 6.67. The van der Waals surface area contributed by atoms with Gasteiger partial charge >= 0.3 is 0 Å². The molecular formula is C12H24N4O2S. The average molecular weight is 288 g/mol. The fourth-order valence-corrected chi connectivity index (χ4v) is 3.73. The zero-order valence-electron chi connectivity index (χ0n) is 12.2. The molecule has 0 radical (unpaired) electrons. The van der Waals surface area contributed by atoms with Gasteiger partial charge in [0.25, 0.3) is 0 Å². The molecule has 0 saturated heterocycles. The molecule has 1 rings (SSSR count). The van der Waals surface area contributed by atoms with Gasteiger partial charge in [-0.15, -0.1) is 0 Å². The van der Waals surface area contributed by atoms with E-state index in [0.29, 0.717) is 35.9 Å². The van der Waals surface area contributed by atoms with Crippen LogP contribution in [0.25, 0.3) is 0 Å². The lowest BCUT2D eigenvalue weighted by molar-refractivity contribution is 0.467. The van der Waals surface area contributed by atoms with Crippen molar-refractivity contribution in [3.63, 3.8) is 0 Å². The van der Waals surface area contributed by atoms with Gasteiger partial charge in [0.2, 0.25) is 10.0 Å². The highest BCUT2D eigenvalue weighted by Crippen LogP contribution is 2.22. The predicted molar refractivity (Wildman–Crippen MR) is 75.5 cm³/mol. The molecular weight excluding hydrogens is 264 g/mol. The Morgan fingerprint density at radius 2 is 2.00 bits per heavy atom. The number of rotatable bonds is 7. The number of aryl methyl sites for hydroxylation is 2. The molecule has 0 aliphatic carbocycles. The van der Waals surface area contributed by atoms with Gasteiger partial charge in [-0.25, -0.2) is 12.7 Å². The number of aromatic nitrogens is 2. The summed E-state index contributed by atoms with van der Waals surface area (Å²) in [7, 11) is -1.84. The van der Waals surface area contributed by atoms with Crippen LogP contribution in [0.15, 0.2) is 4.90 Å². The monoisotopic (exact) mass is 288 g/mol. The van der Waals surface area contributed by atoms with Crippen molar-refractivity contribution in [1.82, 2.24) is 14.1 Å². The molecule has 2 N–H and O–H groups in total. The number of sulfonamides is 1. The smallest absolute Gasteiger partial charge is 0.246 e. The van der Waals surface area contributed by atoms with Crippen LogP contribution in [-0.2, 0) is 16.6 Å². The predicted octanol–water partition coefficient (Wildman–Crippen LogP) is 0.879. The molecule has 0 aromatic carbocycles. The third-order valence-electron chi connectivity index (χ3n) is 3.10. The van der Waals surface area contributed by atoms with E-state index in [9.17, 15) is 8.42 Å². The summed E-state index contributed by atoms with van der Waals surface area (Å²) < 4.78 is 28.1. The Hall–Kier alpha value is -0.920. The van der Waals surface area contributed by atoms with E-state index in [2.05, 4.69) is 5.10 Å². The normalized spacial score (nSPS) is 12.3. The number of nitrogens with two attached hydrogens (primary N) is 1. The van der Waals surface area contributed by atoms with E-state index >= 15 is 0 Å². The summed E-state index contributed by atoms with van der Waals surface area (Å²) >= 11 is 0. The first-order valence-corrected chi connectivity index (χ1v) is 8.00. The van der Waals surface area contributed by atoms with Crippen molar-refractivity contribution in [2.24, 2.45) is 5.73 Å². The fourth-order valence-electron chi connectivity index (χ4n) is 2.10. The minimum atomic E-state index is -3.45. The first-order chi connectivity index (χ1) is 8.86.